The molecule has 0 bridgehead atoms. The Morgan fingerprint density at radius 3 is 2.08 bits per heavy atom. The molecule has 0 aromatic heterocycles. The zero-order valence-corrected chi connectivity index (χ0v) is 13.6. The zero-order valence-electron chi connectivity index (χ0n) is 13.6. The van der Waals surface area contributed by atoms with Crippen molar-refractivity contribution in [3.63, 3.8) is 0 Å². The minimum absolute atomic E-state index is 0.0229. The third-order valence-electron chi connectivity index (χ3n) is 2.75. The second kappa shape index (κ2) is 9.29. The number of esters is 1. The van der Waals surface area contributed by atoms with Crippen LogP contribution in [-0.4, -0.2) is 32.6 Å². The number of hydrogen-bond acceptors (Lipinski definition) is 5. The van der Waals surface area contributed by atoms with Crippen molar-refractivity contribution in [1.82, 2.24) is 0 Å². The highest BCUT2D eigenvalue weighted by molar-refractivity contribution is 5.82. The molecule has 0 saturated carbocycles. The lowest BCUT2D eigenvalue weighted by molar-refractivity contribution is -0.138. The van der Waals surface area contributed by atoms with E-state index in [-0.39, 0.29) is 24.7 Å². The quantitative estimate of drug-likeness (QED) is 0.311. The van der Waals surface area contributed by atoms with Gasteiger partial charge < -0.3 is 18.9 Å². The van der Waals surface area contributed by atoms with E-state index in [0.29, 0.717) is 0 Å². The Kier molecular flexibility index (Phi) is 7.73. The van der Waals surface area contributed by atoms with Gasteiger partial charge in [-0.2, -0.15) is 13.2 Å². The number of alkyl halides is 3. The van der Waals surface area contributed by atoms with E-state index in [9.17, 15) is 18.0 Å². The van der Waals surface area contributed by atoms with Gasteiger partial charge in [-0.3, -0.25) is 0 Å². The van der Waals surface area contributed by atoms with E-state index < -0.39 is 24.0 Å². The summed E-state index contributed by atoms with van der Waals surface area (Å²) >= 11 is 0. The first-order valence-corrected chi connectivity index (χ1v) is 7.19. The fourth-order valence-electron chi connectivity index (χ4n) is 1.68. The van der Waals surface area contributed by atoms with Gasteiger partial charge in [-0.05, 0) is 38.1 Å². The van der Waals surface area contributed by atoms with Crippen LogP contribution in [0.1, 0.15) is 19.4 Å². The monoisotopic (exact) mass is 348 g/mol. The number of carbonyl (C=O) groups excluding carboxylic acids is 1. The summed E-state index contributed by atoms with van der Waals surface area (Å²) in [5, 5.41) is 0. The minimum Gasteiger partial charge on any atom is -0.466 e. The number of methoxy groups -OCH3 is 1. The number of rotatable bonds is 8. The van der Waals surface area contributed by atoms with E-state index in [1.807, 2.05) is 0 Å². The maximum absolute atomic E-state index is 12.6. The van der Waals surface area contributed by atoms with Gasteiger partial charge in [0.2, 0.25) is 6.29 Å². The lowest BCUT2D eigenvalue weighted by Gasteiger charge is -2.20. The molecule has 0 aliphatic heterocycles. The molecule has 0 aliphatic rings. The number of benzene rings is 1. The van der Waals surface area contributed by atoms with E-state index in [4.69, 9.17) is 14.2 Å². The summed E-state index contributed by atoms with van der Waals surface area (Å²) in [6.45, 7) is 4.00. The Morgan fingerprint density at radius 1 is 1.12 bits per heavy atom. The van der Waals surface area contributed by atoms with Crippen LogP contribution >= 0.6 is 0 Å². The third kappa shape index (κ3) is 6.21. The number of halogens is 3. The topological polar surface area (TPSA) is 54.0 Å². The predicted octanol–water partition coefficient (Wildman–Crippen LogP) is 3.54. The maximum atomic E-state index is 12.6. The van der Waals surface area contributed by atoms with Crippen LogP contribution in [0.3, 0.4) is 0 Å². The Hall–Kier alpha value is -2.06. The molecule has 0 heterocycles. The van der Waals surface area contributed by atoms with Crippen LogP contribution in [0.15, 0.2) is 36.1 Å². The molecular formula is C16H19F3O5. The van der Waals surface area contributed by atoms with Crippen LogP contribution in [0.4, 0.5) is 13.2 Å². The summed E-state index contributed by atoms with van der Waals surface area (Å²) in [6.07, 6.45) is -4.41. The van der Waals surface area contributed by atoms with Crippen LogP contribution < -0.4 is 4.74 Å². The van der Waals surface area contributed by atoms with E-state index in [1.165, 1.54) is 7.11 Å². The number of ether oxygens (including phenoxy) is 4. The van der Waals surface area contributed by atoms with Gasteiger partial charge in [0.15, 0.2) is 5.76 Å². The minimum atomic E-state index is -4.44. The average molecular weight is 348 g/mol. The fourth-order valence-corrected chi connectivity index (χ4v) is 1.68. The third-order valence-corrected chi connectivity index (χ3v) is 2.75. The molecule has 0 fully saturated rings. The van der Waals surface area contributed by atoms with Crippen molar-refractivity contribution in [3.8, 4) is 5.75 Å². The molecule has 0 atom stereocenters. The largest absolute Gasteiger partial charge is 0.466 e. The molecule has 1 aromatic rings. The van der Waals surface area contributed by atoms with Crippen molar-refractivity contribution < 1.29 is 36.9 Å². The second-order valence-corrected chi connectivity index (χ2v) is 4.44. The molecule has 24 heavy (non-hydrogen) atoms. The van der Waals surface area contributed by atoms with Gasteiger partial charge in [0.1, 0.15) is 5.75 Å². The highest BCUT2D eigenvalue weighted by atomic mass is 19.4. The molecule has 0 radical (unpaired) electrons. The van der Waals surface area contributed by atoms with Gasteiger partial charge in [0, 0.05) is 13.2 Å². The zero-order chi connectivity index (χ0) is 18.2. The van der Waals surface area contributed by atoms with Crippen molar-refractivity contribution in [2.75, 3.05) is 20.3 Å². The van der Waals surface area contributed by atoms with Crippen LogP contribution in [0, 0.1) is 0 Å². The summed E-state index contributed by atoms with van der Waals surface area (Å²) in [5.74, 6) is -0.630. The van der Waals surface area contributed by atoms with Gasteiger partial charge in [0.25, 0.3) is 0 Å². The van der Waals surface area contributed by atoms with E-state index >= 15 is 0 Å². The summed E-state index contributed by atoms with van der Waals surface area (Å²) in [7, 11) is 1.19. The van der Waals surface area contributed by atoms with Crippen molar-refractivity contribution in [1.29, 1.82) is 0 Å². The van der Waals surface area contributed by atoms with Crippen LogP contribution in [0.2, 0.25) is 0 Å². The molecule has 0 spiro atoms. The number of carbonyl (C=O) groups is 1. The first-order valence-electron chi connectivity index (χ1n) is 7.19. The lowest BCUT2D eigenvalue weighted by Crippen LogP contribution is -2.24. The molecule has 134 valence electrons. The summed E-state index contributed by atoms with van der Waals surface area (Å²) in [5.41, 5.74) is -0.806. The molecule has 0 aliphatic carbocycles. The van der Waals surface area contributed by atoms with Gasteiger partial charge in [-0.25, -0.2) is 4.79 Å². The predicted molar refractivity (Wildman–Crippen MR) is 79.2 cm³/mol. The van der Waals surface area contributed by atoms with Gasteiger partial charge in [-0.1, -0.05) is 0 Å². The molecule has 0 unspecified atom stereocenters. The average Bonchev–Trinajstić information content (AvgIpc) is 2.53. The molecule has 1 aromatic carbocycles. The highest BCUT2D eigenvalue weighted by Gasteiger charge is 2.30. The molecule has 0 amide bonds. The Bertz CT molecular complexity index is 546. The smallest absolute Gasteiger partial charge is 0.416 e. The fraction of sp³-hybridized carbons (Fsp3) is 0.438. The Balaban J connectivity index is 3.03. The molecule has 0 saturated heterocycles. The second-order valence-electron chi connectivity index (χ2n) is 4.44. The maximum Gasteiger partial charge on any atom is 0.416 e. The van der Waals surface area contributed by atoms with E-state index in [1.54, 1.807) is 13.8 Å². The standard InChI is InChI=1S/C16H19F3O5/c1-4-22-15(23-5-2)13(10-14(20)21-3)24-12-8-6-11(7-9-12)16(17,18)19/h6-10,15H,4-5H2,1-3H3/b13-10-. The Labute approximate surface area is 138 Å². The van der Waals surface area contributed by atoms with Gasteiger partial charge >= 0.3 is 12.1 Å². The molecule has 1 rings (SSSR count). The van der Waals surface area contributed by atoms with Crippen molar-refractivity contribution in [2.45, 2.75) is 26.3 Å². The van der Waals surface area contributed by atoms with E-state index in [0.717, 1.165) is 30.3 Å². The number of hydrogen-bond donors (Lipinski definition) is 0. The molecule has 5 nitrogen and oxygen atoms in total. The van der Waals surface area contributed by atoms with Crippen molar-refractivity contribution in [2.24, 2.45) is 0 Å². The van der Waals surface area contributed by atoms with Crippen LogP contribution in [0.25, 0.3) is 0 Å². The van der Waals surface area contributed by atoms with Gasteiger partial charge in [-0.15, -0.1) is 0 Å². The summed E-state index contributed by atoms with van der Waals surface area (Å²) < 4.78 is 58.4. The normalized spacial score (nSPS) is 12.4. The molecule has 8 heteroatoms. The Morgan fingerprint density at radius 2 is 1.67 bits per heavy atom. The van der Waals surface area contributed by atoms with E-state index in [2.05, 4.69) is 4.74 Å². The summed E-state index contributed by atoms with van der Waals surface area (Å²) in [6, 6.07) is 4.04. The van der Waals surface area contributed by atoms with Gasteiger partial charge in [0.05, 0.1) is 18.7 Å². The lowest BCUT2D eigenvalue weighted by atomic mass is 10.2. The first-order chi connectivity index (χ1) is 11.3. The van der Waals surface area contributed by atoms with Crippen molar-refractivity contribution in [3.05, 3.63) is 41.7 Å². The molecular weight excluding hydrogens is 329 g/mol. The highest BCUT2D eigenvalue weighted by Crippen LogP contribution is 2.30. The SMILES string of the molecule is CCOC(OCC)/C(=C/C(=O)OC)Oc1ccc(C(F)(F)F)cc1. The van der Waals surface area contributed by atoms with Crippen LogP contribution in [-0.2, 0) is 25.2 Å². The van der Waals surface area contributed by atoms with Crippen LogP contribution in [0.5, 0.6) is 5.75 Å². The molecule has 0 N–H and O–H groups in total. The first kappa shape index (κ1) is 20.0. The summed E-state index contributed by atoms with van der Waals surface area (Å²) in [4.78, 5) is 11.5. The van der Waals surface area contributed by atoms with Crippen molar-refractivity contribution >= 4 is 5.97 Å².